The summed E-state index contributed by atoms with van der Waals surface area (Å²) in [6, 6.07) is 0. The van der Waals surface area contributed by atoms with E-state index in [-0.39, 0.29) is 0 Å². The summed E-state index contributed by atoms with van der Waals surface area (Å²) in [6.07, 6.45) is 20.9. The average Bonchev–Trinajstić information content (AvgIpc) is 2.57. The molecule has 1 aliphatic rings. The molecule has 0 aliphatic carbocycles. The molecule has 0 bridgehead atoms. The molecule has 3 nitrogen and oxygen atoms in total. The molecule has 3 heteroatoms. The van der Waals surface area contributed by atoms with Crippen LogP contribution in [0.1, 0.15) is 77.0 Å². The fraction of sp³-hybridized carbons (Fsp3) is 0.900. The van der Waals surface area contributed by atoms with Crippen molar-refractivity contribution in [3.8, 4) is 0 Å². The molecule has 0 radical (unpaired) electrons. The molecule has 1 rings (SSSR count). The van der Waals surface area contributed by atoms with Crippen molar-refractivity contribution in [3.63, 3.8) is 0 Å². The molecule has 0 unspecified atom stereocenters. The third-order valence-corrected chi connectivity index (χ3v) is 4.74. The van der Waals surface area contributed by atoms with Crippen molar-refractivity contribution in [2.24, 2.45) is 5.73 Å². The summed E-state index contributed by atoms with van der Waals surface area (Å²) in [7, 11) is 0. The zero-order chi connectivity index (χ0) is 16.4. The normalized spacial score (nSPS) is 20.0. The van der Waals surface area contributed by atoms with Gasteiger partial charge in [-0.1, -0.05) is 37.8 Å². The quantitative estimate of drug-likeness (QED) is 0.548. The van der Waals surface area contributed by atoms with Crippen molar-refractivity contribution in [2.75, 3.05) is 39.3 Å². The molecule has 0 saturated heterocycles. The summed E-state index contributed by atoms with van der Waals surface area (Å²) in [5.74, 6) is 0. The zero-order valence-electron chi connectivity index (χ0n) is 15.4. The van der Waals surface area contributed by atoms with Crippen LogP contribution in [-0.2, 0) is 0 Å². The van der Waals surface area contributed by atoms with E-state index >= 15 is 0 Å². The van der Waals surface area contributed by atoms with Gasteiger partial charge < -0.3 is 16.0 Å². The fourth-order valence-electron chi connectivity index (χ4n) is 3.25. The van der Waals surface area contributed by atoms with E-state index in [0.29, 0.717) is 0 Å². The number of hydrogen-bond donors (Lipinski definition) is 2. The van der Waals surface area contributed by atoms with Crippen LogP contribution in [0.4, 0.5) is 0 Å². The third kappa shape index (κ3) is 13.7. The van der Waals surface area contributed by atoms with Gasteiger partial charge in [-0.2, -0.15) is 0 Å². The van der Waals surface area contributed by atoms with Crippen LogP contribution in [0, 0.1) is 0 Å². The van der Waals surface area contributed by atoms with Crippen molar-refractivity contribution in [1.29, 1.82) is 0 Å². The minimum absolute atomic E-state index is 0.799. The summed E-state index contributed by atoms with van der Waals surface area (Å²) in [5, 5.41) is 3.50. The van der Waals surface area contributed by atoms with Gasteiger partial charge in [-0.15, -0.1) is 0 Å². The molecule has 0 atom stereocenters. The van der Waals surface area contributed by atoms with E-state index in [9.17, 15) is 0 Å². The Hall–Kier alpha value is -0.380. The van der Waals surface area contributed by atoms with Crippen molar-refractivity contribution in [3.05, 3.63) is 12.2 Å². The van der Waals surface area contributed by atoms with Gasteiger partial charge in [0.15, 0.2) is 0 Å². The van der Waals surface area contributed by atoms with Gasteiger partial charge >= 0.3 is 0 Å². The van der Waals surface area contributed by atoms with Crippen LogP contribution in [0.5, 0.6) is 0 Å². The number of nitrogens with two attached hydrogens (primary N) is 1. The molecule has 1 aliphatic heterocycles. The first-order valence-electron chi connectivity index (χ1n) is 10.2. The molecule has 0 fully saturated rings. The first kappa shape index (κ1) is 20.7. The van der Waals surface area contributed by atoms with Gasteiger partial charge in [-0.25, -0.2) is 0 Å². The predicted octanol–water partition coefficient (Wildman–Crippen LogP) is 4.09. The van der Waals surface area contributed by atoms with Crippen molar-refractivity contribution in [1.82, 2.24) is 10.2 Å². The highest BCUT2D eigenvalue weighted by Crippen LogP contribution is 2.10. The lowest BCUT2D eigenvalue weighted by atomic mass is 10.1. The molecule has 136 valence electrons. The Morgan fingerprint density at radius 1 is 0.739 bits per heavy atom. The Bertz CT molecular complexity index is 266. The van der Waals surface area contributed by atoms with Gasteiger partial charge in [0.05, 0.1) is 0 Å². The van der Waals surface area contributed by atoms with E-state index in [1.54, 1.807) is 0 Å². The lowest BCUT2D eigenvalue weighted by Gasteiger charge is -2.22. The Morgan fingerprint density at radius 3 is 2.04 bits per heavy atom. The Kier molecular flexibility index (Phi) is 14.8. The zero-order valence-corrected chi connectivity index (χ0v) is 15.4. The summed E-state index contributed by atoms with van der Waals surface area (Å²) in [4.78, 5) is 2.70. The van der Waals surface area contributed by atoms with Gasteiger partial charge in [0, 0.05) is 0 Å². The standard InChI is InChI=1S/C20H41N3/c21-15-13-16-22-17-14-20-23-18-11-9-7-5-3-1-2-4-6-8-10-12-19-23/h3,5,22H,1-2,4,6-21H2. The smallest absolute Gasteiger partial charge is 0.000664 e. The molecule has 1 heterocycles. The first-order chi connectivity index (χ1) is 11.4. The number of hydrogen-bond acceptors (Lipinski definition) is 3. The number of nitrogens with zero attached hydrogens (tertiary/aromatic N) is 1. The van der Waals surface area contributed by atoms with Crippen LogP contribution in [0.15, 0.2) is 12.2 Å². The van der Waals surface area contributed by atoms with Crippen molar-refractivity contribution < 1.29 is 0 Å². The average molecular weight is 324 g/mol. The van der Waals surface area contributed by atoms with Crippen LogP contribution in [-0.4, -0.2) is 44.2 Å². The van der Waals surface area contributed by atoms with Crippen LogP contribution >= 0.6 is 0 Å². The SMILES string of the molecule is NCCCNCCCN1CCCCC=CCCCCCCCC1. The van der Waals surface area contributed by atoms with Crippen LogP contribution in [0.25, 0.3) is 0 Å². The monoisotopic (exact) mass is 323 g/mol. The largest absolute Gasteiger partial charge is 0.330 e. The molecule has 0 aromatic rings. The minimum atomic E-state index is 0.799. The van der Waals surface area contributed by atoms with Crippen molar-refractivity contribution >= 4 is 0 Å². The van der Waals surface area contributed by atoms with Crippen LogP contribution in [0.3, 0.4) is 0 Å². The molecule has 0 saturated carbocycles. The molecule has 3 N–H and O–H groups in total. The third-order valence-electron chi connectivity index (χ3n) is 4.74. The van der Waals surface area contributed by atoms with E-state index in [0.717, 1.165) is 26.1 Å². The lowest BCUT2D eigenvalue weighted by Crippen LogP contribution is -2.30. The summed E-state index contributed by atoms with van der Waals surface area (Å²) < 4.78 is 0. The summed E-state index contributed by atoms with van der Waals surface area (Å²) >= 11 is 0. The van der Waals surface area contributed by atoms with Gasteiger partial charge in [-0.05, 0) is 90.6 Å². The van der Waals surface area contributed by atoms with E-state index in [4.69, 9.17) is 5.73 Å². The highest BCUT2D eigenvalue weighted by molar-refractivity contribution is 4.81. The topological polar surface area (TPSA) is 41.3 Å². The van der Waals surface area contributed by atoms with E-state index in [1.807, 2.05) is 0 Å². The molecule has 23 heavy (non-hydrogen) atoms. The van der Waals surface area contributed by atoms with Crippen molar-refractivity contribution in [2.45, 2.75) is 77.0 Å². The maximum atomic E-state index is 5.52. The van der Waals surface area contributed by atoms with Gasteiger partial charge in [-0.3, -0.25) is 0 Å². The number of allylic oxidation sites excluding steroid dienone is 2. The maximum absolute atomic E-state index is 5.52. The fourth-order valence-corrected chi connectivity index (χ4v) is 3.25. The van der Waals surface area contributed by atoms with Gasteiger partial charge in [0.1, 0.15) is 0 Å². The number of rotatable bonds is 7. The van der Waals surface area contributed by atoms with E-state index in [2.05, 4.69) is 22.4 Å². The Labute approximate surface area is 145 Å². The Balaban J connectivity index is 2.18. The highest BCUT2D eigenvalue weighted by Gasteiger charge is 2.04. The molecule has 0 amide bonds. The second kappa shape index (κ2) is 16.5. The van der Waals surface area contributed by atoms with Crippen LogP contribution < -0.4 is 11.1 Å². The molecule has 0 aromatic carbocycles. The Morgan fingerprint density at radius 2 is 1.30 bits per heavy atom. The highest BCUT2D eigenvalue weighted by atomic mass is 15.1. The summed E-state index contributed by atoms with van der Waals surface area (Å²) in [6.45, 7) is 6.86. The predicted molar refractivity (Wildman–Crippen MR) is 103 cm³/mol. The van der Waals surface area contributed by atoms with E-state index in [1.165, 1.54) is 90.3 Å². The molecular weight excluding hydrogens is 282 g/mol. The minimum Gasteiger partial charge on any atom is -0.330 e. The molecule has 0 aromatic heterocycles. The van der Waals surface area contributed by atoms with Crippen LogP contribution in [0.2, 0.25) is 0 Å². The molecular formula is C20H41N3. The second-order valence-corrected chi connectivity index (χ2v) is 6.96. The van der Waals surface area contributed by atoms with Gasteiger partial charge in [0.25, 0.3) is 0 Å². The van der Waals surface area contributed by atoms with Gasteiger partial charge in [0.2, 0.25) is 0 Å². The first-order valence-corrected chi connectivity index (χ1v) is 10.2. The second-order valence-electron chi connectivity index (χ2n) is 6.96. The lowest BCUT2D eigenvalue weighted by molar-refractivity contribution is 0.257. The summed E-state index contributed by atoms with van der Waals surface area (Å²) in [5.41, 5.74) is 5.52. The van der Waals surface area contributed by atoms with E-state index < -0.39 is 0 Å². The number of nitrogens with one attached hydrogen (secondary N) is 1. The molecule has 0 spiro atoms. The maximum Gasteiger partial charge on any atom is -0.000664 e.